The lowest BCUT2D eigenvalue weighted by Crippen LogP contribution is -2.26. The van der Waals surface area contributed by atoms with Gasteiger partial charge in [0.15, 0.2) is 5.78 Å². The third-order valence-electron chi connectivity index (χ3n) is 3.16. The van der Waals surface area contributed by atoms with Gasteiger partial charge in [0.25, 0.3) is 0 Å². The highest BCUT2D eigenvalue weighted by Crippen LogP contribution is 2.33. The third-order valence-corrected chi connectivity index (χ3v) is 3.16. The number of benzene rings is 1. The summed E-state index contributed by atoms with van der Waals surface area (Å²) < 4.78 is 43.8. The van der Waals surface area contributed by atoms with Crippen LogP contribution in [0.5, 0.6) is 0 Å². The molecule has 1 aromatic rings. The summed E-state index contributed by atoms with van der Waals surface area (Å²) in [6, 6.07) is 4.77. The smallest absolute Gasteiger partial charge is 0.366 e. The maximum Gasteiger partial charge on any atom is 0.417 e. The number of hydrogen-bond donors (Lipinski definition) is 1. The molecule has 0 aromatic heterocycles. The molecule has 19 heavy (non-hydrogen) atoms. The number of hydrogen-bond acceptors (Lipinski definition) is 3. The summed E-state index contributed by atoms with van der Waals surface area (Å²) >= 11 is 0. The number of ketones is 1. The van der Waals surface area contributed by atoms with E-state index in [2.05, 4.69) is 0 Å². The number of carbonyl (C=O) groups excluding carboxylic acids is 1. The Labute approximate surface area is 108 Å². The number of Topliss-reactive ketones (excluding diaryl/α,β-unsaturated/α-hetero) is 1. The Balaban J connectivity index is 2.25. The van der Waals surface area contributed by atoms with E-state index in [1.165, 1.54) is 18.2 Å². The Morgan fingerprint density at radius 2 is 2.00 bits per heavy atom. The molecule has 0 bridgehead atoms. The average molecular weight is 273 g/mol. The summed E-state index contributed by atoms with van der Waals surface area (Å²) in [6.45, 7) is 0.269. The molecule has 0 aliphatic carbocycles. The first-order valence-electron chi connectivity index (χ1n) is 5.99. The zero-order valence-electron chi connectivity index (χ0n) is 10.1. The predicted molar refractivity (Wildman–Crippen MR) is 62.7 cm³/mol. The molecule has 104 valence electrons. The molecule has 3 nitrogen and oxygen atoms in total. The number of alkyl halides is 3. The molecular formula is C13H14F3NO2. The monoisotopic (exact) mass is 273 g/mol. The van der Waals surface area contributed by atoms with E-state index < -0.39 is 23.6 Å². The van der Waals surface area contributed by atoms with Crippen molar-refractivity contribution in [1.82, 2.24) is 0 Å². The van der Waals surface area contributed by atoms with Gasteiger partial charge in [0.1, 0.15) is 6.10 Å². The third kappa shape index (κ3) is 2.96. The highest BCUT2D eigenvalue weighted by atomic mass is 19.4. The van der Waals surface area contributed by atoms with Crippen molar-refractivity contribution < 1.29 is 22.7 Å². The lowest BCUT2D eigenvalue weighted by atomic mass is 9.98. The molecule has 2 unspecified atom stereocenters. The normalized spacial score (nSPS) is 23.6. The van der Waals surface area contributed by atoms with E-state index in [0.29, 0.717) is 12.8 Å². The molecule has 0 saturated carbocycles. The minimum atomic E-state index is -4.54. The number of rotatable bonds is 3. The van der Waals surface area contributed by atoms with E-state index in [0.717, 1.165) is 6.07 Å². The van der Waals surface area contributed by atoms with Gasteiger partial charge < -0.3 is 10.5 Å². The topological polar surface area (TPSA) is 52.3 Å². The van der Waals surface area contributed by atoms with Crippen molar-refractivity contribution in [3.8, 4) is 0 Å². The maximum absolute atomic E-state index is 12.8. The minimum Gasteiger partial charge on any atom is -0.366 e. The van der Waals surface area contributed by atoms with Gasteiger partial charge >= 0.3 is 6.18 Å². The number of ether oxygens (including phenoxy) is 1. The van der Waals surface area contributed by atoms with Gasteiger partial charge in [0, 0.05) is 12.1 Å². The van der Waals surface area contributed by atoms with Crippen LogP contribution < -0.4 is 5.73 Å². The summed E-state index contributed by atoms with van der Waals surface area (Å²) in [5.41, 5.74) is 4.17. The van der Waals surface area contributed by atoms with Crippen LogP contribution in [0.15, 0.2) is 24.3 Å². The van der Waals surface area contributed by atoms with Crippen LogP contribution in [-0.4, -0.2) is 24.5 Å². The molecule has 0 amide bonds. The van der Waals surface area contributed by atoms with Crippen LogP contribution in [0, 0.1) is 0 Å². The Kier molecular flexibility index (Phi) is 3.91. The highest BCUT2D eigenvalue weighted by Gasteiger charge is 2.38. The molecule has 1 aliphatic rings. The SMILES string of the molecule is NCC1CCC(C(=O)c2ccccc2C(F)(F)F)O1. The summed E-state index contributed by atoms with van der Waals surface area (Å²) in [4.78, 5) is 12.1. The van der Waals surface area contributed by atoms with Gasteiger partial charge in [-0.3, -0.25) is 4.79 Å². The number of halogens is 3. The van der Waals surface area contributed by atoms with Crippen LogP contribution >= 0.6 is 0 Å². The second-order valence-electron chi connectivity index (χ2n) is 4.47. The van der Waals surface area contributed by atoms with Gasteiger partial charge in [-0.05, 0) is 18.9 Å². The standard InChI is InChI=1S/C13H14F3NO2/c14-13(15,16)10-4-2-1-3-9(10)12(18)11-6-5-8(7-17)19-11/h1-4,8,11H,5-7,17H2. The molecular weight excluding hydrogens is 259 g/mol. The van der Waals surface area contributed by atoms with Gasteiger partial charge in [-0.1, -0.05) is 18.2 Å². The van der Waals surface area contributed by atoms with Gasteiger partial charge in [0.05, 0.1) is 11.7 Å². The molecule has 2 atom stereocenters. The fourth-order valence-corrected chi connectivity index (χ4v) is 2.19. The Hall–Kier alpha value is -1.40. The van der Waals surface area contributed by atoms with Gasteiger partial charge in [0.2, 0.25) is 0 Å². The Morgan fingerprint density at radius 1 is 1.32 bits per heavy atom. The van der Waals surface area contributed by atoms with E-state index in [1.54, 1.807) is 0 Å². The fraction of sp³-hybridized carbons (Fsp3) is 0.462. The van der Waals surface area contributed by atoms with Crippen molar-refractivity contribution in [3.63, 3.8) is 0 Å². The molecule has 0 radical (unpaired) electrons. The molecule has 6 heteroatoms. The molecule has 2 rings (SSSR count). The first-order valence-corrected chi connectivity index (χ1v) is 5.99. The molecule has 0 spiro atoms. The molecule has 1 saturated heterocycles. The zero-order valence-corrected chi connectivity index (χ0v) is 10.1. The van der Waals surface area contributed by atoms with E-state index in [-0.39, 0.29) is 18.2 Å². The van der Waals surface area contributed by atoms with E-state index in [4.69, 9.17) is 10.5 Å². The van der Waals surface area contributed by atoms with Crippen LogP contribution in [0.25, 0.3) is 0 Å². The first kappa shape index (κ1) is 14.0. The highest BCUT2D eigenvalue weighted by molar-refractivity contribution is 6.01. The molecule has 1 aromatic carbocycles. The summed E-state index contributed by atoms with van der Waals surface area (Å²) in [7, 11) is 0. The van der Waals surface area contributed by atoms with Crippen molar-refractivity contribution in [1.29, 1.82) is 0 Å². The second kappa shape index (κ2) is 5.30. The van der Waals surface area contributed by atoms with Crippen LogP contribution in [0.4, 0.5) is 13.2 Å². The number of carbonyl (C=O) groups is 1. The summed E-state index contributed by atoms with van der Waals surface area (Å²) in [5, 5.41) is 0. The Bertz CT molecular complexity index is 473. The maximum atomic E-state index is 12.8. The summed E-state index contributed by atoms with van der Waals surface area (Å²) in [5.74, 6) is -0.621. The van der Waals surface area contributed by atoms with Crippen LogP contribution in [0.3, 0.4) is 0 Å². The van der Waals surface area contributed by atoms with Crippen molar-refractivity contribution in [2.24, 2.45) is 5.73 Å². The van der Waals surface area contributed by atoms with Crippen molar-refractivity contribution in [2.45, 2.75) is 31.2 Å². The van der Waals surface area contributed by atoms with Gasteiger partial charge in [-0.15, -0.1) is 0 Å². The first-order chi connectivity index (χ1) is 8.93. The molecule has 1 aliphatic heterocycles. The van der Waals surface area contributed by atoms with Crippen molar-refractivity contribution in [2.75, 3.05) is 6.54 Å². The quantitative estimate of drug-likeness (QED) is 0.860. The molecule has 2 N–H and O–H groups in total. The lowest BCUT2D eigenvalue weighted by molar-refractivity contribution is -0.138. The fourth-order valence-electron chi connectivity index (χ4n) is 2.19. The zero-order chi connectivity index (χ0) is 14.0. The lowest BCUT2D eigenvalue weighted by Gasteiger charge is -2.15. The van der Waals surface area contributed by atoms with Crippen LogP contribution in [0.1, 0.15) is 28.8 Å². The Morgan fingerprint density at radius 3 is 2.58 bits per heavy atom. The van der Waals surface area contributed by atoms with E-state index in [9.17, 15) is 18.0 Å². The predicted octanol–water partition coefficient (Wildman–Crippen LogP) is 2.39. The van der Waals surface area contributed by atoms with Gasteiger partial charge in [-0.25, -0.2) is 0 Å². The van der Waals surface area contributed by atoms with Crippen LogP contribution in [-0.2, 0) is 10.9 Å². The number of nitrogens with two attached hydrogens (primary N) is 1. The molecule has 1 heterocycles. The minimum absolute atomic E-state index is 0.244. The van der Waals surface area contributed by atoms with Crippen molar-refractivity contribution in [3.05, 3.63) is 35.4 Å². The summed E-state index contributed by atoms with van der Waals surface area (Å²) in [6.07, 6.45) is -4.60. The second-order valence-corrected chi connectivity index (χ2v) is 4.47. The molecule has 1 fully saturated rings. The average Bonchev–Trinajstić information content (AvgIpc) is 2.85. The van der Waals surface area contributed by atoms with E-state index in [1.807, 2.05) is 0 Å². The van der Waals surface area contributed by atoms with E-state index >= 15 is 0 Å². The van der Waals surface area contributed by atoms with Crippen LogP contribution in [0.2, 0.25) is 0 Å². The van der Waals surface area contributed by atoms with Gasteiger partial charge in [-0.2, -0.15) is 13.2 Å². The largest absolute Gasteiger partial charge is 0.417 e. The van der Waals surface area contributed by atoms with Crippen molar-refractivity contribution >= 4 is 5.78 Å².